The average Bonchev–Trinajstić information content (AvgIpc) is 3.39. The Morgan fingerprint density at radius 3 is 2.86 bits per heavy atom. The lowest BCUT2D eigenvalue weighted by atomic mass is 9.94. The molecule has 4 rings (SSSR count). The number of carbonyl (C=O) groups excluding carboxylic acids is 1. The Morgan fingerprint density at radius 2 is 2.17 bits per heavy atom. The predicted octanol–water partition coefficient (Wildman–Crippen LogP) is 3.66. The van der Waals surface area contributed by atoms with Gasteiger partial charge in [-0.05, 0) is 26.3 Å². The Labute approximate surface area is 218 Å². The number of nitrogens with one attached hydrogen (secondary N) is 1. The minimum Gasteiger partial charge on any atom is -0.481 e. The SMILES string of the molecule is CCOC(=O)C1=C(CN2CCO[C@H](C)[C@H]2CCC(=O)O)NC(c2nccs2)=N[C@H]1c1ccccc1Cl. The van der Waals surface area contributed by atoms with Gasteiger partial charge in [-0.1, -0.05) is 29.8 Å². The molecule has 0 radical (unpaired) electrons. The molecule has 36 heavy (non-hydrogen) atoms. The maximum Gasteiger partial charge on any atom is 0.338 e. The van der Waals surface area contributed by atoms with Crippen LogP contribution in [-0.2, 0) is 19.1 Å². The van der Waals surface area contributed by atoms with Crippen molar-refractivity contribution in [1.29, 1.82) is 0 Å². The fourth-order valence-corrected chi connectivity index (χ4v) is 5.39. The Hall–Kier alpha value is -2.79. The normalized spacial score (nSPS) is 22.6. The molecule has 2 aliphatic rings. The highest BCUT2D eigenvalue weighted by molar-refractivity contribution is 7.11. The van der Waals surface area contributed by atoms with E-state index >= 15 is 0 Å². The van der Waals surface area contributed by atoms with Crippen LogP contribution < -0.4 is 5.32 Å². The monoisotopic (exact) mass is 532 g/mol. The van der Waals surface area contributed by atoms with Gasteiger partial charge >= 0.3 is 11.9 Å². The van der Waals surface area contributed by atoms with Gasteiger partial charge in [-0.2, -0.15) is 0 Å². The third-order valence-corrected chi connectivity index (χ3v) is 7.37. The summed E-state index contributed by atoms with van der Waals surface area (Å²) in [4.78, 5) is 36.1. The second-order valence-corrected chi connectivity index (χ2v) is 9.82. The fraction of sp³-hybridized carbons (Fsp3) is 0.440. The molecule has 0 unspecified atom stereocenters. The zero-order chi connectivity index (χ0) is 25.7. The lowest BCUT2D eigenvalue weighted by Crippen LogP contribution is -2.52. The van der Waals surface area contributed by atoms with Gasteiger partial charge in [-0.3, -0.25) is 14.7 Å². The van der Waals surface area contributed by atoms with E-state index in [4.69, 9.17) is 26.1 Å². The van der Waals surface area contributed by atoms with Gasteiger partial charge < -0.3 is 19.9 Å². The molecule has 11 heteroatoms. The number of esters is 1. The first kappa shape index (κ1) is 26.3. The van der Waals surface area contributed by atoms with Gasteiger partial charge in [0, 0.05) is 53.4 Å². The first-order valence-corrected chi connectivity index (χ1v) is 13.1. The molecule has 0 spiro atoms. The van der Waals surface area contributed by atoms with E-state index in [0.717, 1.165) is 0 Å². The van der Waals surface area contributed by atoms with Crippen molar-refractivity contribution in [2.75, 3.05) is 26.3 Å². The zero-order valence-electron chi connectivity index (χ0n) is 20.1. The van der Waals surface area contributed by atoms with Crippen LogP contribution in [0.5, 0.6) is 0 Å². The minimum atomic E-state index is -0.855. The van der Waals surface area contributed by atoms with Crippen molar-refractivity contribution in [3.63, 3.8) is 0 Å². The molecule has 192 valence electrons. The number of ether oxygens (including phenoxy) is 2. The van der Waals surface area contributed by atoms with Gasteiger partial charge in [0.25, 0.3) is 0 Å². The number of aliphatic imine (C=N–C) groups is 1. The summed E-state index contributed by atoms with van der Waals surface area (Å²) in [7, 11) is 0. The smallest absolute Gasteiger partial charge is 0.338 e. The molecule has 0 saturated carbocycles. The number of hydrogen-bond acceptors (Lipinski definition) is 9. The van der Waals surface area contributed by atoms with E-state index in [0.29, 0.717) is 58.8 Å². The van der Waals surface area contributed by atoms with E-state index in [1.165, 1.54) is 11.3 Å². The van der Waals surface area contributed by atoms with Crippen LogP contribution in [0.1, 0.15) is 43.3 Å². The van der Waals surface area contributed by atoms with E-state index < -0.39 is 18.0 Å². The number of aliphatic carboxylic acids is 1. The summed E-state index contributed by atoms with van der Waals surface area (Å²) in [6, 6.07) is 6.48. The van der Waals surface area contributed by atoms with Crippen LogP contribution in [0.3, 0.4) is 0 Å². The van der Waals surface area contributed by atoms with Crippen LogP contribution in [-0.4, -0.2) is 71.2 Å². The number of benzene rings is 1. The first-order chi connectivity index (χ1) is 17.4. The molecular weight excluding hydrogens is 504 g/mol. The van der Waals surface area contributed by atoms with Crippen LogP contribution in [0.2, 0.25) is 5.02 Å². The summed E-state index contributed by atoms with van der Waals surface area (Å²) < 4.78 is 11.3. The van der Waals surface area contributed by atoms with Gasteiger partial charge in [-0.15, -0.1) is 11.3 Å². The predicted molar refractivity (Wildman–Crippen MR) is 137 cm³/mol. The van der Waals surface area contributed by atoms with Crippen LogP contribution in [0, 0.1) is 0 Å². The molecule has 1 saturated heterocycles. The fourth-order valence-electron chi connectivity index (χ4n) is 4.56. The third kappa shape index (κ3) is 5.95. The number of carboxylic acid groups (broad SMARTS) is 1. The van der Waals surface area contributed by atoms with E-state index in [-0.39, 0.29) is 25.2 Å². The van der Waals surface area contributed by atoms with E-state index in [1.807, 2.05) is 30.5 Å². The molecule has 3 heterocycles. The highest BCUT2D eigenvalue weighted by Gasteiger charge is 2.37. The topological polar surface area (TPSA) is 113 Å². The number of nitrogens with zero attached hydrogens (tertiary/aromatic N) is 3. The molecule has 1 aromatic heterocycles. The summed E-state index contributed by atoms with van der Waals surface area (Å²) in [6.07, 6.45) is 2.00. The largest absolute Gasteiger partial charge is 0.481 e. The molecule has 2 aliphatic heterocycles. The highest BCUT2D eigenvalue weighted by Crippen LogP contribution is 2.37. The Balaban J connectivity index is 1.78. The number of thiazole rings is 1. The maximum absolute atomic E-state index is 13.3. The molecule has 2 aromatic rings. The molecule has 9 nitrogen and oxygen atoms in total. The Kier molecular flexibility index (Phi) is 8.73. The summed E-state index contributed by atoms with van der Waals surface area (Å²) in [5.74, 6) is -0.788. The molecule has 0 aliphatic carbocycles. The summed E-state index contributed by atoms with van der Waals surface area (Å²) in [5, 5.41) is 15.6. The quantitative estimate of drug-likeness (QED) is 0.470. The minimum absolute atomic E-state index is 0.0279. The number of carbonyl (C=O) groups is 2. The Morgan fingerprint density at radius 1 is 1.36 bits per heavy atom. The number of amidine groups is 1. The van der Waals surface area contributed by atoms with Gasteiger partial charge in [-0.25, -0.2) is 9.78 Å². The van der Waals surface area contributed by atoms with Crippen molar-refractivity contribution < 1.29 is 24.2 Å². The molecule has 0 amide bonds. The highest BCUT2D eigenvalue weighted by atomic mass is 35.5. The van der Waals surface area contributed by atoms with Crippen molar-refractivity contribution in [3.05, 3.63) is 62.7 Å². The molecule has 2 N–H and O–H groups in total. The van der Waals surface area contributed by atoms with Gasteiger partial charge in [0.05, 0.1) is 24.9 Å². The van der Waals surface area contributed by atoms with Crippen molar-refractivity contribution in [2.24, 2.45) is 4.99 Å². The number of rotatable bonds is 9. The number of morpholine rings is 1. The number of halogens is 1. The maximum atomic E-state index is 13.3. The van der Waals surface area contributed by atoms with Crippen molar-refractivity contribution >= 4 is 40.7 Å². The second-order valence-electron chi connectivity index (χ2n) is 8.52. The standard InChI is InChI=1S/C25H29ClN4O5S/c1-3-34-25(33)21-18(14-30-11-12-35-15(2)19(30)8-9-20(31)32)28-23(24-27-10-13-36-24)29-22(21)16-6-4-5-7-17(16)26/h4-7,10,13,15,19,22H,3,8-9,11-12,14H2,1-2H3,(H,28,29)(H,31,32)/t15-,19-,22+/m1/s1. The zero-order valence-corrected chi connectivity index (χ0v) is 21.7. The van der Waals surface area contributed by atoms with Crippen LogP contribution >= 0.6 is 22.9 Å². The van der Waals surface area contributed by atoms with Crippen molar-refractivity contribution in [1.82, 2.24) is 15.2 Å². The second kappa shape index (κ2) is 12.0. The van der Waals surface area contributed by atoms with Crippen molar-refractivity contribution in [2.45, 2.75) is 44.9 Å². The van der Waals surface area contributed by atoms with Gasteiger partial charge in [0.2, 0.25) is 0 Å². The summed E-state index contributed by atoms with van der Waals surface area (Å²) >= 11 is 8.01. The molecule has 1 aromatic carbocycles. The van der Waals surface area contributed by atoms with Crippen LogP contribution in [0.25, 0.3) is 0 Å². The van der Waals surface area contributed by atoms with Gasteiger partial charge in [0.1, 0.15) is 6.04 Å². The lowest BCUT2D eigenvalue weighted by Gasteiger charge is -2.41. The van der Waals surface area contributed by atoms with E-state index in [1.54, 1.807) is 19.2 Å². The van der Waals surface area contributed by atoms with Crippen molar-refractivity contribution in [3.8, 4) is 0 Å². The average molecular weight is 533 g/mol. The Bertz CT molecular complexity index is 1150. The number of aromatic nitrogens is 1. The van der Waals surface area contributed by atoms with Crippen LogP contribution in [0.4, 0.5) is 0 Å². The number of carboxylic acids is 1. The molecular formula is C25H29ClN4O5S. The van der Waals surface area contributed by atoms with Crippen LogP contribution in [0.15, 0.2) is 52.1 Å². The number of hydrogen-bond donors (Lipinski definition) is 2. The van der Waals surface area contributed by atoms with E-state index in [9.17, 15) is 14.7 Å². The third-order valence-electron chi connectivity index (χ3n) is 6.24. The van der Waals surface area contributed by atoms with E-state index in [2.05, 4.69) is 15.2 Å². The molecule has 1 fully saturated rings. The molecule has 3 atom stereocenters. The van der Waals surface area contributed by atoms with Gasteiger partial charge in [0.15, 0.2) is 10.8 Å². The first-order valence-electron chi connectivity index (χ1n) is 11.9. The lowest BCUT2D eigenvalue weighted by molar-refractivity contribution is -0.139. The summed E-state index contributed by atoms with van der Waals surface area (Å²) in [5.41, 5.74) is 1.70. The summed E-state index contributed by atoms with van der Waals surface area (Å²) in [6.45, 7) is 5.38. The molecule has 0 bridgehead atoms.